The molecule has 0 aliphatic carbocycles. The number of hydrogen-bond donors (Lipinski definition) is 0. The number of halogens is 1. The zero-order valence-electron chi connectivity index (χ0n) is 13.4. The highest BCUT2D eigenvalue weighted by atomic mass is 32.2. The topological polar surface area (TPSA) is 63.7 Å². The monoisotopic (exact) mass is 351 g/mol. The molecule has 0 bridgehead atoms. The average molecular weight is 351 g/mol. The van der Waals surface area contributed by atoms with Crippen LogP contribution in [-0.2, 0) is 9.84 Å². The quantitative estimate of drug-likeness (QED) is 0.802. The third-order valence-corrected chi connectivity index (χ3v) is 4.54. The van der Waals surface area contributed by atoms with Gasteiger partial charge in [-0.2, -0.15) is 0 Å². The Kier molecular flexibility index (Phi) is 5.56. The van der Waals surface area contributed by atoms with Crippen LogP contribution in [0.25, 0.3) is 0 Å². The van der Waals surface area contributed by atoms with Gasteiger partial charge in [-0.1, -0.05) is 24.3 Å². The first-order valence-corrected chi connectivity index (χ1v) is 9.11. The zero-order valence-corrected chi connectivity index (χ0v) is 14.2. The zero-order chi connectivity index (χ0) is 17.7. The van der Waals surface area contributed by atoms with Crippen molar-refractivity contribution in [3.8, 4) is 5.75 Å². The molecular weight excluding hydrogens is 333 g/mol. The molecule has 128 valence electrons. The van der Waals surface area contributed by atoms with Gasteiger partial charge in [0.2, 0.25) is 0 Å². The van der Waals surface area contributed by atoms with E-state index in [-0.39, 0.29) is 29.4 Å². The van der Waals surface area contributed by atoms with E-state index in [0.717, 1.165) is 6.26 Å². The van der Waals surface area contributed by atoms with Crippen LogP contribution in [0.3, 0.4) is 0 Å². The van der Waals surface area contributed by atoms with E-state index in [2.05, 4.69) is 0 Å². The van der Waals surface area contributed by atoms with E-state index in [1.54, 1.807) is 24.3 Å². The molecular formula is C17H18FNO4S. The minimum atomic E-state index is -3.51. The molecule has 0 spiro atoms. The normalized spacial score (nSPS) is 11.1. The highest BCUT2D eigenvalue weighted by Gasteiger charge is 2.20. The van der Waals surface area contributed by atoms with Crippen molar-refractivity contribution in [2.75, 3.05) is 26.5 Å². The molecule has 2 aromatic rings. The van der Waals surface area contributed by atoms with Crippen molar-refractivity contribution >= 4 is 15.7 Å². The van der Waals surface area contributed by atoms with Gasteiger partial charge < -0.3 is 9.64 Å². The van der Waals surface area contributed by atoms with Crippen molar-refractivity contribution < 1.29 is 22.3 Å². The summed E-state index contributed by atoms with van der Waals surface area (Å²) >= 11 is 0. The second-order valence-corrected chi connectivity index (χ2v) is 7.26. The van der Waals surface area contributed by atoms with Crippen molar-refractivity contribution in [3.63, 3.8) is 0 Å². The van der Waals surface area contributed by atoms with E-state index in [4.69, 9.17) is 4.74 Å². The lowest BCUT2D eigenvalue weighted by molar-refractivity contribution is 0.0769. The molecule has 0 radical (unpaired) electrons. The first kappa shape index (κ1) is 17.9. The number of amides is 1. The number of benzene rings is 2. The number of sulfone groups is 1. The number of carbonyl (C=O) groups is 1. The van der Waals surface area contributed by atoms with Crippen LogP contribution >= 0.6 is 0 Å². The summed E-state index contributed by atoms with van der Waals surface area (Å²) in [7, 11) is -1.98. The van der Waals surface area contributed by atoms with Gasteiger partial charge in [0.1, 0.15) is 6.61 Å². The summed E-state index contributed by atoms with van der Waals surface area (Å²) in [6.45, 7) is 0.273. The Morgan fingerprint density at radius 1 is 1.12 bits per heavy atom. The fourth-order valence-electron chi connectivity index (χ4n) is 2.13. The van der Waals surface area contributed by atoms with Crippen molar-refractivity contribution in [2.45, 2.75) is 4.90 Å². The molecule has 0 heterocycles. The fourth-order valence-corrected chi connectivity index (χ4v) is 3.01. The number of ether oxygens (including phenoxy) is 1. The van der Waals surface area contributed by atoms with E-state index in [0.29, 0.717) is 0 Å². The van der Waals surface area contributed by atoms with Crippen molar-refractivity contribution in [1.82, 2.24) is 4.90 Å². The molecule has 2 aromatic carbocycles. The molecule has 7 heteroatoms. The SMILES string of the molecule is CN(CCOc1ccccc1F)C(=O)c1ccccc1S(C)(=O)=O. The van der Waals surface area contributed by atoms with Gasteiger partial charge >= 0.3 is 0 Å². The number of nitrogens with zero attached hydrogens (tertiary/aromatic N) is 1. The summed E-state index contributed by atoms with van der Waals surface area (Å²) in [5, 5.41) is 0. The molecule has 0 unspecified atom stereocenters. The lowest BCUT2D eigenvalue weighted by atomic mass is 10.2. The van der Waals surface area contributed by atoms with Crippen LogP contribution in [0.2, 0.25) is 0 Å². The summed E-state index contributed by atoms with van der Waals surface area (Å²) in [5.41, 5.74) is 0.105. The summed E-state index contributed by atoms with van der Waals surface area (Å²) in [6.07, 6.45) is 1.06. The first-order valence-electron chi connectivity index (χ1n) is 7.22. The smallest absolute Gasteiger partial charge is 0.255 e. The van der Waals surface area contributed by atoms with Gasteiger partial charge in [0.05, 0.1) is 17.0 Å². The van der Waals surface area contributed by atoms with E-state index in [1.807, 2.05) is 0 Å². The maximum atomic E-state index is 13.4. The molecule has 0 saturated carbocycles. The van der Waals surface area contributed by atoms with Crippen LogP contribution in [0.4, 0.5) is 4.39 Å². The highest BCUT2D eigenvalue weighted by Crippen LogP contribution is 2.18. The Balaban J connectivity index is 2.05. The van der Waals surface area contributed by atoms with Gasteiger partial charge in [-0.15, -0.1) is 0 Å². The van der Waals surface area contributed by atoms with Crippen LogP contribution in [0, 0.1) is 5.82 Å². The molecule has 0 atom stereocenters. The Labute approximate surface area is 140 Å². The minimum absolute atomic E-state index is 0.0168. The predicted molar refractivity (Wildman–Crippen MR) is 88.4 cm³/mol. The molecule has 0 aliphatic rings. The molecule has 0 aromatic heterocycles. The highest BCUT2D eigenvalue weighted by molar-refractivity contribution is 7.90. The van der Waals surface area contributed by atoms with Crippen LogP contribution in [0.1, 0.15) is 10.4 Å². The van der Waals surface area contributed by atoms with Crippen LogP contribution in [0.15, 0.2) is 53.4 Å². The largest absolute Gasteiger partial charge is 0.489 e. The summed E-state index contributed by atoms with van der Waals surface area (Å²) in [4.78, 5) is 13.8. The number of likely N-dealkylation sites (N-methyl/N-ethyl adjacent to an activating group) is 1. The Morgan fingerprint density at radius 3 is 2.42 bits per heavy atom. The second-order valence-electron chi connectivity index (χ2n) is 5.27. The van der Waals surface area contributed by atoms with E-state index < -0.39 is 21.6 Å². The summed E-state index contributed by atoms with van der Waals surface area (Å²) in [6, 6.07) is 12.0. The minimum Gasteiger partial charge on any atom is -0.489 e. The van der Waals surface area contributed by atoms with Crippen molar-refractivity contribution in [2.24, 2.45) is 0 Å². The lowest BCUT2D eigenvalue weighted by Gasteiger charge is -2.19. The van der Waals surface area contributed by atoms with Gasteiger partial charge in [-0.3, -0.25) is 4.79 Å². The molecule has 24 heavy (non-hydrogen) atoms. The van der Waals surface area contributed by atoms with Gasteiger partial charge in [0.15, 0.2) is 21.4 Å². The summed E-state index contributed by atoms with van der Waals surface area (Å²) < 4.78 is 42.3. The first-order chi connectivity index (χ1) is 11.3. The molecule has 0 aliphatic heterocycles. The maximum Gasteiger partial charge on any atom is 0.255 e. The van der Waals surface area contributed by atoms with Gasteiger partial charge in [-0.25, -0.2) is 12.8 Å². The molecule has 0 saturated heterocycles. The average Bonchev–Trinajstić information content (AvgIpc) is 2.55. The number of rotatable bonds is 6. The molecule has 2 rings (SSSR count). The van der Waals surface area contributed by atoms with Gasteiger partial charge in [0.25, 0.3) is 5.91 Å². The maximum absolute atomic E-state index is 13.4. The van der Waals surface area contributed by atoms with Crippen molar-refractivity contribution in [1.29, 1.82) is 0 Å². The van der Waals surface area contributed by atoms with E-state index in [1.165, 1.54) is 36.2 Å². The standard InChI is InChI=1S/C17H18FNO4S/c1-19(11-12-23-15-9-5-4-8-14(15)18)17(20)13-7-3-6-10-16(13)24(2,21)22/h3-10H,11-12H2,1-2H3. The summed E-state index contributed by atoms with van der Waals surface area (Å²) in [5.74, 6) is -0.808. The molecule has 0 fully saturated rings. The van der Waals surface area contributed by atoms with Gasteiger partial charge in [0, 0.05) is 13.3 Å². The van der Waals surface area contributed by atoms with Gasteiger partial charge in [-0.05, 0) is 24.3 Å². The van der Waals surface area contributed by atoms with Crippen molar-refractivity contribution in [3.05, 3.63) is 59.9 Å². The molecule has 5 nitrogen and oxygen atoms in total. The number of para-hydroxylation sites is 1. The third kappa shape index (κ3) is 4.32. The van der Waals surface area contributed by atoms with Crippen LogP contribution in [-0.4, -0.2) is 45.7 Å². The number of hydrogen-bond acceptors (Lipinski definition) is 4. The molecule has 1 amide bonds. The Hall–Kier alpha value is -2.41. The lowest BCUT2D eigenvalue weighted by Crippen LogP contribution is -2.31. The Bertz CT molecular complexity index is 836. The molecule has 0 N–H and O–H groups in total. The van der Waals surface area contributed by atoms with E-state index in [9.17, 15) is 17.6 Å². The number of carbonyl (C=O) groups excluding carboxylic acids is 1. The third-order valence-electron chi connectivity index (χ3n) is 3.38. The second kappa shape index (κ2) is 7.44. The van der Waals surface area contributed by atoms with E-state index >= 15 is 0 Å². The van der Waals surface area contributed by atoms with Crippen LogP contribution < -0.4 is 4.74 Å². The fraction of sp³-hybridized carbons (Fsp3) is 0.235. The Morgan fingerprint density at radius 2 is 1.75 bits per heavy atom. The predicted octanol–water partition coefficient (Wildman–Crippen LogP) is 2.38. The van der Waals surface area contributed by atoms with Crippen LogP contribution in [0.5, 0.6) is 5.75 Å².